The van der Waals surface area contributed by atoms with E-state index in [1.165, 1.54) is 0 Å². The molecule has 0 bridgehead atoms. The number of hydrogen-bond acceptors (Lipinski definition) is 4. The van der Waals surface area contributed by atoms with Crippen LogP contribution in [0.3, 0.4) is 0 Å². The van der Waals surface area contributed by atoms with Crippen LogP contribution in [0.1, 0.15) is 0 Å². The second-order valence-electron chi connectivity index (χ2n) is 7.55. The van der Waals surface area contributed by atoms with E-state index in [9.17, 15) is 0 Å². The van der Waals surface area contributed by atoms with Gasteiger partial charge in [0.05, 0.1) is 0 Å². The van der Waals surface area contributed by atoms with Gasteiger partial charge in [-0.2, -0.15) is 0 Å². The number of methoxy groups -OCH3 is 4. The molecule has 0 atom stereocenters. The Morgan fingerprint density at radius 2 is 0.576 bits per heavy atom. The molecular formula is C28H28O4Sn. The van der Waals surface area contributed by atoms with Crippen molar-refractivity contribution in [3.63, 3.8) is 0 Å². The van der Waals surface area contributed by atoms with Gasteiger partial charge >= 0.3 is 200 Å². The molecule has 0 aromatic heterocycles. The van der Waals surface area contributed by atoms with Crippen LogP contribution in [0.15, 0.2) is 97.1 Å². The van der Waals surface area contributed by atoms with Crippen LogP contribution < -0.4 is 33.3 Å². The quantitative estimate of drug-likeness (QED) is 0.318. The van der Waals surface area contributed by atoms with E-state index in [1.54, 1.807) is 28.4 Å². The van der Waals surface area contributed by atoms with Crippen LogP contribution in [-0.2, 0) is 0 Å². The molecular weight excluding hydrogens is 519 g/mol. The molecule has 0 unspecified atom stereocenters. The molecule has 0 N–H and O–H groups in total. The summed E-state index contributed by atoms with van der Waals surface area (Å²) in [4.78, 5) is 0. The second-order valence-corrected chi connectivity index (χ2v) is 18.0. The van der Waals surface area contributed by atoms with Gasteiger partial charge in [0.25, 0.3) is 0 Å². The normalized spacial score (nSPS) is 11.0. The van der Waals surface area contributed by atoms with Crippen molar-refractivity contribution in [2.24, 2.45) is 0 Å². The molecule has 4 rings (SSSR count). The van der Waals surface area contributed by atoms with Gasteiger partial charge in [-0.15, -0.1) is 0 Å². The zero-order chi connectivity index (χ0) is 23.3. The number of rotatable bonds is 8. The third-order valence-electron chi connectivity index (χ3n) is 6.04. The summed E-state index contributed by atoms with van der Waals surface area (Å²) in [6, 6.07) is 33.2. The molecule has 0 heterocycles. The first-order valence-corrected chi connectivity index (χ1v) is 16.5. The molecule has 168 valence electrons. The van der Waals surface area contributed by atoms with E-state index in [4.69, 9.17) is 18.9 Å². The molecule has 0 radical (unpaired) electrons. The molecule has 4 aromatic rings. The average molecular weight is 547 g/mol. The monoisotopic (exact) mass is 548 g/mol. The third kappa shape index (κ3) is 3.93. The van der Waals surface area contributed by atoms with Crippen LogP contribution >= 0.6 is 0 Å². The summed E-state index contributed by atoms with van der Waals surface area (Å²) in [6.45, 7) is 0. The minimum atomic E-state index is -4.19. The van der Waals surface area contributed by atoms with Crippen LogP contribution in [0.2, 0.25) is 0 Å². The molecule has 0 aliphatic carbocycles. The number of hydrogen-bond donors (Lipinski definition) is 0. The van der Waals surface area contributed by atoms with Crippen LogP contribution in [0.4, 0.5) is 0 Å². The first-order chi connectivity index (χ1) is 16.2. The summed E-state index contributed by atoms with van der Waals surface area (Å²) >= 11 is -4.19. The van der Waals surface area contributed by atoms with Gasteiger partial charge in [0.1, 0.15) is 0 Å². The van der Waals surface area contributed by atoms with Gasteiger partial charge in [-0.1, -0.05) is 0 Å². The maximum atomic E-state index is 5.97. The Kier molecular flexibility index (Phi) is 7.13. The molecule has 4 nitrogen and oxygen atoms in total. The number of benzene rings is 4. The molecule has 4 aromatic carbocycles. The number of ether oxygens (including phenoxy) is 4. The van der Waals surface area contributed by atoms with Crippen molar-refractivity contribution in [3.8, 4) is 23.0 Å². The first-order valence-electron chi connectivity index (χ1n) is 10.8. The predicted molar refractivity (Wildman–Crippen MR) is 136 cm³/mol. The third-order valence-corrected chi connectivity index (χ3v) is 20.0. The summed E-state index contributed by atoms with van der Waals surface area (Å²) in [5, 5.41) is 0. The maximum absolute atomic E-state index is 5.97. The zero-order valence-electron chi connectivity index (χ0n) is 19.4. The van der Waals surface area contributed by atoms with Crippen molar-refractivity contribution >= 4 is 32.7 Å². The van der Waals surface area contributed by atoms with Gasteiger partial charge < -0.3 is 0 Å². The van der Waals surface area contributed by atoms with Crippen LogP contribution in [0.25, 0.3) is 0 Å². The van der Waals surface area contributed by atoms with Crippen molar-refractivity contribution in [1.29, 1.82) is 0 Å². The molecule has 0 saturated heterocycles. The molecule has 33 heavy (non-hydrogen) atoms. The van der Waals surface area contributed by atoms with E-state index in [0.717, 1.165) is 37.3 Å². The topological polar surface area (TPSA) is 36.9 Å². The fraction of sp³-hybridized carbons (Fsp3) is 0.143. The minimum absolute atomic E-state index is 0.844. The van der Waals surface area contributed by atoms with Gasteiger partial charge in [-0.25, -0.2) is 0 Å². The fourth-order valence-corrected chi connectivity index (χ4v) is 19.9. The van der Waals surface area contributed by atoms with E-state index in [2.05, 4.69) is 48.5 Å². The van der Waals surface area contributed by atoms with Crippen LogP contribution in [-0.4, -0.2) is 46.8 Å². The Bertz CT molecular complexity index is 1040. The second kappa shape index (κ2) is 10.2. The van der Waals surface area contributed by atoms with Crippen molar-refractivity contribution in [2.45, 2.75) is 0 Å². The van der Waals surface area contributed by atoms with Crippen molar-refractivity contribution in [3.05, 3.63) is 97.1 Å². The van der Waals surface area contributed by atoms with Gasteiger partial charge in [0.2, 0.25) is 0 Å². The molecule has 0 fully saturated rings. The molecule has 0 spiro atoms. The van der Waals surface area contributed by atoms with Crippen molar-refractivity contribution < 1.29 is 18.9 Å². The van der Waals surface area contributed by atoms with Crippen LogP contribution in [0.5, 0.6) is 23.0 Å². The van der Waals surface area contributed by atoms with E-state index in [-0.39, 0.29) is 0 Å². The van der Waals surface area contributed by atoms with E-state index >= 15 is 0 Å². The Morgan fingerprint density at radius 1 is 0.364 bits per heavy atom. The van der Waals surface area contributed by atoms with Gasteiger partial charge in [0.15, 0.2) is 0 Å². The van der Waals surface area contributed by atoms with E-state index in [0.29, 0.717) is 0 Å². The summed E-state index contributed by atoms with van der Waals surface area (Å²) in [5.41, 5.74) is 0. The van der Waals surface area contributed by atoms with Gasteiger partial charge in [-0.05, 0) is 0 Å². The predicted octanol–water partition coefficient (Wildman–Crippen LogP) is 3.10. The van der Waals surface area contributed by atoms with Crippen molar-refractivity contribution in [2.75, 3.05) is 28.4 Å². The Labute approximate surface area is 199 Å². The standard InChI is InChI=1S/4C7H7O.Sn/c4*1-8-7-5-3-2-4-6-7;/h4*2-5H,1H3;. The summed E-state index contributed by atoms with van der Waals surface area (Å²) in [6.07, 6.45) is 0. The summed E-state index contributed by atoms with van der Waals surface area (Å²) in [7, 11) is 6.90. The summed E-state index contributed by atoms with van der Waals surface area (Å²) < 4.78 is 28.5. The van der Waals surface area contributed by atoms with E-state index < -0.39 is 18.4 Å². The fourth-order valence-electron chi connectivity index (χ4n) is 4.69. The first kappa shape index (κ1) is 23.1. The Morgan fingerprint density at radius 3 is 0.788 bits per heavy atom. The van der Waals surface area contributed by atoms with Gasteiger partial charge in [-0.3, -0.25) is 0 Å². The average Bonchev–Trinajstić information content (AvgIpc) is 2.90. The molecule has 0 amide bonds. The Balaban J connectivity index is 2.30. The molecule has 0 aliphatic heterocycles. The SMILES string of the molecule is COc1cccc[c]1[Sn]([c]1ccccc1OC)([c]1ccccc1OC)[c]1ccccc1OC. The van der Waals surface area contributed by atoms with Crippen LogP contribution in [0, 0.1) is 0 Å². The van der Waals surface area contributed by atoms with E-state index in [1.807, 2.05) is 48.5 Å². The molecule has 0 aliphatic rings. The summed E-state index contributed by atoms with van der Waals surface area (Å²) in [5.74, 6) is 3.37. The molecule has 5 heteroatoms. The van der Waals surface area contributed by atoms with Crippen molar-refractivity contribution in [1.82, 2.24) is 0 Å². The number of para-hydroxylation sites is 4. The molecule has 0 saturated carbocycles. The van der Waals surface area contributed by atoms with Gasteiger partial charge in [0, 0.05) is 0 Å². The zero-order valence-corrected chi connectivity index (χ0v) is 22.2. The Hall–Kier alpha value is -3.12.